The van der Waals surface area contributed by atoms with Gasteiger partial charge in [0.15, 0.2) is 0 Å². The molecule has 1 aromatic rings. The molecule has 0 saturated heterocycles. The maximum Gasteiger partial charge on any atom is 0.223 e. The third kappa shape index (κ3) is 4.27. The van der Waals surface area contributed by atoms with E-state index in [1.807, 2.05) is 29.2 Å². The van der Waals surface area contributed by atoms with Gasteiger partial charge in [-0.25, -0.2) is 0 Å². The van der Waals surface area contributed by atoms with Gasteiger partial charge in [0.2, 0.25) is 5.91 Å². The molecule has 1 aliphatic rings. The zero-order valence-electron chi connectivity index (χ0n) is 11.9. The van der Waals surface area contributed by atoms with Crippen LogP contribution in [0.3, 0.4) is 0 Å². The molecule has 1 aliphatic carbocycles. The third-order valence-corrected chi connectivity index (χ3v) is 3.55. The van der Waals surface area contributed by atoms with Crippen LogP contribution < -0.4 is 5.73 Å². The third-order valence-electron chi connectivity index (χ3n) is 3.55. The van der Waals surface area contributed by atoms with E-state index in [9.17, 15) is 4.79 Å². The maximum atomic E-state index is 12.3. The van der Waals surface area contributed by atoms with E-state index < -0.39 is 0 Å². The smallest absolute Gasteiger partial charge is 0.223 e. The average Bonchev–Trinajstić information content (AvgIpc) is 3.17. The molecular weight excluding hydrogens is 236 g/mol. The van der Waals surface area contributed by atoms with E-state index in [0.29, 0.717) is 30.8 Å². The Morgan fingerprint density at radius 1 is 1.42 bits per heavy atom. The molecule has 1 aromatic carbocycles. The lowest BCUT2D eigenvalue weighted by atomic mass is 10.1. The molecule has 2 N–H and O–H groups in total. The standard InChI is InChI=1S/C16H24N2O/c1-12(2)6-9-16(19)18(15-7-8-15)11-13-4-3-5-14(17)10-13/h3-5,10,12,15H,6-9,11,17H2,1-2H3. The molecule has 1 saturated carbocycles. The molecule has 19 heavy (non-hydrogen) atoms. The Balaban J connectivity index is 1.98. The van der Waals surface area contributed by atoms with Gasteiger partial charge >= 0.3 is 0 Å². The Labute approximate surface area is 115 Å². The number of rotatable bonds is 6. The SMILES string of the molecule is CC(C)CCC(=O)N(Cc1cccc(N)c1)C1CC1. The van der Waals surface area contributed by atoms with Crippen molar-refractivity contribution in [2.24, 2.45) is 5.92 Å². The minimum Gasteiger partial charge on any atom is -0.399 e. The predicted molar refractivity (Wildman–Crippen MR) is 78.5 cm³/mol. The van der Waals surface area contributed by atoms with E-state index in [4.69, 9.17) is 5.73 Å². The number of amides is 1. The van der Waals surface area contributed by atoms with Crippen molar-refractivity contribution in [3.8, 4) is 0 Å². The lowest BCUT2D eigenvalue weighted by Gasteiger charge is -2.23. The van der Waals surface area contributed by atoms with E-state index in [2.05, 4.69) is 13.8 Å². The van der Waals surface area contributed by atoms with Crippen molar-refractivity contribution in [1.82, 2.24) is 4.90 Å². The molecule has 0 spiro atoms. The summed E-state index contributed by atoms with van der Waals surface area (Å²) in [4.78, 5) is 14.4. The number of anilines is 1. The molecule has 1 fully saturated rings. The normalized spacial score (nSPS) is 14.7. The van der Waals surface area contributed by atoms with Crippen molar-refractivity contribution in [2.75, 3.05) is 5.73 Å². The lowest BCUT2D eigenvalue weighted by Crippen LogP contribution is -2.32. The van der Waals surface area contributed by atoms with Crippen LogP contribution in [-0.4, -0.2) is 16.8 Å². The van der Waals surface area contributed by atoms with Crippen LogP contribution in [0.1, 0.15) is 45.1 Å². The fraction of sp³-hybridized carbons (Fsp3) is 0.562. The minimum atomic E-state index is 0.290. The van der Waals surface area contributed by atoms with Crippen LogP contribution in [0.25, 0.3) is 0 Å². The molecule has 2 rings (SSSR count). The molecule has 3 nitrogen and oxygen atoms in total. The Morgan fingerprint density at radius 3 is 2.74 bits per heavy atom. The Bertz CT molecular complexity index is 438. The van der Waals surface area contributed by atoms with Crippen molar-refractivity contribution in [3.63, 3.8) is 0 Å². The maximum absolute atomic E-state index is 12.3. The van der Waals surface area contributed by atoms with E-state index >= 15 is 0 Å². The van der Waals surface area contributed by atoms with Crippen LogP contribution in [0, 0.1) is 5.92 Å². The molecule has 0 aliphatic heterocycles. The van der Waals surface area contributed by atoms with E-state index in [1.54, 1.807) is 0 Å². The van der Waals surface area contributed by atoms with E-state index in [0.717, 1.165) is 30.5 Å². The van der Waals surface area contributed by atoms with Crippen LogP contribution in [0.4, 0.5) is 5.69 Å². The highest BCUT2D eigenvalue weighted by Crippen LogP contribution is 2.29. The molecule has 1 amide bonds. The van der Waals surface area contributed by atoms with E-state index in [-0.39, 0.29) is 0 Å². The van der Waals surface area contributed by atoms with Gasteiger partial charge in [0.05, 0.1) is 0 Å². The molecular formula is C16H24N2O. The fourth-order valence-electron chi connectivity index (χ4n) is 2.25. The molecule has 104 valence electrons. The second-order valence-electron chi connectivity index (χ2n) is 5.93. The largest absolute Gasteiger partial charge is 0.399 e. The number of hydrogen-bond acceptors (Lipinski definition) is 2. The molecule has 0 radical (unpaired) electrons. The van der Waals surface area contributed by atoms with Gasteiger partial charge in [0.1, 0.15) is 0 Å². The van der Waals surface area contributed by atoms with Crippen molar-refractivity contribution >= 4 is 11.6 Å². The molecule has 0 aromatic heterocycles. The lowest BCUT2D eigenvalue weighted by molar-refractivity contribution is -0.132. The van der Waals surface area contributed by atoms with Gasteiger partial charge in [-0.3, -0.25) is 4.79 Å². The van der Waals surface area contributed by atoms with Crippen molar-refractivity contribution in [3.05, 3.63) is 29.8 Å². The van der Waals surface area contributed by atoms with Gasteiger partial charge in [-0.15, -0.1) is 0 Å². The summed E-state index contributed by atoms with van der Waals surface area (Å²) in [6.45, 7) is 5.02. The number of benzene rings is 1. The summed E-state index contributed by atoms with van der Waals surface area (Å²) in [6, 6.07) is 8.30. The van der Waals surface area contributed by atoms with Crippen LogP contribution >= 0.6 is 0 Å². The monoisotopic (exact) mass is 260 g/mol. The summed E-state index contributed by atoms with van der Waals surface area (Å²) in [7, 11) is 0. The second-order valence-corrected chi connectivity index (χ2v) is 5.93. The summed E-state index contributed by atoms with van der Waals surface area (Å²) < 4.78 is 0. The topological polar surface area (TPSA) is 46.3 Å². The number of nitrogen functional groups attached to an aromatic ring is 1. The highest BCUT2D eigenvalue weighted by Gasteiger charge is 2.32. The Kier molecular flexibility index (Phi) is 4.46. The van der Waals surface area contributed by atoms with Crippen LogP contribution in [0.5, 0.6) is 0 Å². The van der Waals surface area contributed by atoms with Gasteiger partial charge in [-0.1, -0.05) is 26.0 Å². The number of carbonyl (C=O) groups is 1. The van der Waals surface area contributed by atoms with Gasteiger partial charge in [0, 0.05) is 24.7 Å². The highest BCUT2D eigenvalue weighted by atomic mass is 16.2. The van der Waals surface area contributed by atoms with Crippen LogP contribution in [-0.2, 0) is 11.3 Å². The molecule has 0 bridgehead atoms. The van der Waals surface area contributed by atoms with Gasteiger partial charge in [-0.2, -0.15) is 0 Å². The van der Waals surface area contributed by atoms with Crippen LogP contribution in [0.15, 0.2) is 24.3 Å². The first-order valence-corrected chi connectivity index (χ1v) is 7.20. The molecule has 0 heterocycles. The first-order valence-electron chi connectivity index (χ1n) is 7.20. The molecule has 3 heteroatoms. The van der Waals surface area contributed by atoms with Gasteiger partial charge < -0.3 is 10.6 Å². The summed E-state index contributed by atoms with van der Waals surface area (Å²) in [5, 5.41) is 0. The number of nitrogens with two attached hydrogens (primary N) is 1. The number of nitrogens with zero attached hydrogens (tertiary/aromatic N) is 1. The first-order chi connectivity index (χ1) is 9.06. The molecule has 0 unspecified atom stereocenters. The van der Waals surface area contributed by atoms with Crippen LogP contribution in [0.2, 0.25) is 0 Å². The Hall–Kier alpha value is -1.51. The average molecular weight is 260 g/mol. The Morgan fingerprint density at radius 2 is 2.16 bits per heavy atom. The second kappa shape index (κ2) is 6.09. The molecule has 0 atom stereocenters. The summed E-state index contributed by atoms with van der Waals surface area (Å²) in [6.07, 6.45) is 3.93. The highest BCUT2D eigenvalue weighted by molar-refractivity contribution is 5.77. The quantitative estimate of drug-likeness (QED) is 0.798. The van der Waals surface area contributed by atoms with Crippen molar-refractivity contribution in [1.29, 1.82) is 0 Å². The van der Waals surface area contributed by atoms with E-state index in [1.165, 1.54) is 0 Å². The number of hydrogen-bond donors (Lipinski definition) is 1. The van der Waals surface area contributed by atoms with Gasteiger partial charge in [-0.05, 0) is 42.9 Å². The summed E-state index contributed by atoms with van der Waals surface area (Å²) in [5.41, 5.74) is 7.69. The first kappa shape index (κ1) is 13.9. The number of carbonyl (C=O) groups excluding carboxylic acids is 1. The zero-order chi connectivity index (χ0) is 13.8. The predicted octanol–water partition coefficient (Wildman–Crippen LogP) is 3.20. The van der Waals surface area contributed by atoms with Crippen molar-refractivity contribution < 1.29 is 4.79 Å². The van der Waals surface area contributed by atoms with Crippen molar-refractivity contribution in [2.45, 2.75) is 52.1 Å². The summed E-state index contributed by atoms with van der Waals surface area (Å²) in [5.74, 6) is 0.871. The zero-order valence-corrected chi connectivity index (χ0v) is 11.9. The fourth-order valence-corrected chi connectivity index (χ4v) is 2.25. The summed E-state index contributed by atoms with van der Waals surface area (Å²) >= 11 is 0. The minimum absolute atomic E-state index is 0.290. The van der Waals surface area contributed by atoms with Gasteiger partial charge in [0.25, 0.3) is 0 Å².